The van der Waals surface area contributed by atoms with E-state index in [1.54, 1.807) is 23.9 Å². The van der Waals surface area contributed by atoms with Crippen LogP contribution in [0.3, 0.4) is 0 Å². The fourth-order valence-corrected chi connectivity index (χ4v) is 4.19. The number of ether oxygens (including phenoxy) is 1. The summed E-state index contributed by atoms with van der Waals surface area (Å²) >= 11 is 1.55. The Bertz CT molecular complexity index is 1040. The maximum absolute atomic E-state index is 12.3. The fourth-order valence-electron chi connectivity index (χ4n) is 3.21. The van der Waals surface area contributed by atoms with Gasteiger partial charge in [-0.3, -0.25) is 4.79 Å². The Labute approximate surface area is 180 Å². The number of aryl methyl sites for hydroxylation is 2. The average Bonchev–Trinajstić information content (AvgIpc) is 2.72. The predicted octanol–water partition coefficient (Wildman–Crippen LogP) is 5.58. The molecule has 30 heavy (non-hydrogen) atoms. The van der Waals surface area contributed by atoms with E-state index in [4.69, 9.17) is 4.74 Å². The lowest BCUT2D eigenvalue weighted by molar-refractivity contribution is -0.144. The van der Waals surface area contributed by atoms with E-state index in [-0.39, 0.29) is 19.0 Å². The lowest BCUT2D eigenvalue weighted by atomic mass is 10.0. The minimum Gasteiger partial charge on any atom is -0.478 e. The van der Waals surface area contributed by atoms with Gasteiger partial charge in [-0.15, -0.1) is 11.8 Å². The molecule has 0 saturated heterocycles. The van der Waals surface area contributed by atoms with Gasteiger partial charge in [0.05, 0.1) is 12.0 Å². The van der Waals surface area contributed by atoms with E-state index in [2.05, 4.69) is 0 Å². The monoisotopic (exact) mass is 420 g/mol. The summed E-state index contributed by atoms with van der Waals surface area (Å²) in [6.45, 7) is 4.30. The Morgan fingerprint density at radius 3 is 2.37 bits per heavy atom. The fraction of sp³-hybridized carbons (Fsp3) is 0.200. The Hall–Kier alpha value is -3.05. The first-order valence-electron chi connectivity index (χ1n) is 9.67. The van der Waals surface area contributed by atoms with Gasteiger partial charge in [0.15, 0.2) is 0 Å². The molecule has 0 aromatic heterocycles. The minimum absolute atomic E-state index is 0.199. The quantitative estimate of drug-likeness (QED) is 0.381. The summed E-state index contributed by atoms with van der Waals surface area (Å²) in [4.78, 5) is 24.7. The minimum atomic E-state index is -0.924. The van der Waals surface area contributed by atoms with Gasteiger partial charge in [0.2, 0.25) is 0 Å². The van der Waals surface area contributed by atoms with E-state index in [1.807, 2.05) is 68.4 Å². The summed E-state index contributed by atoms with van der Waals surface area (Å²) in [6.07, 6.45) is 0.199. The molecule has 0 amide bonds. The van der Waals surface area contributed by atoms with Gasteiger partial charge in [-0.25, -0.2) is 4.79 Å². The third kappa shape index (κ3) is 5.74. The molecular weight excluding hydrogens is 396 g/mol. The number of carbonyl (C=O) groups excluding carboxylic acids is 1. The molecule has 3 rings (SSSR count). The topological polar surface area (TPSA) is 63.6 Å². The molecule has 0 radical (unpaired) electrons. The number of benzene rings is 3. The SMILES string of the molecule is Cc1cccc(C)c1COC(=O)Cc1cccc(SCc2ccccc2C(=O)O)c1. The third-order valence-electron chi connectivity index (χ3n) is 4.91. The second-order valence-electron chi connectivity index (χ2n) is 7.11. The van der Waals surface area contributed by atoms with Crippen molar-refractivity contribution < 1.29 is 19.4 Å². The van der Waals surface area contributed by atoms with E-state index in [1.165, 1.54) is 0 Å². The van der Waals surface area contributed by atoms with E-state index >= 15 is 0 Å². The van der Waals surface area contributed by atoms with E-state index in [0.717, 1.165) is 32.7 Å². The summed E-state index contributed by atoms with van der Waals surface area (Å²) in [5.74, 6) is -0.647. The first kappa shape index (κ1) is 21.7. The molecule has 4 nitrogen and oxygen atoms in total. The Kier molecular flexibility index (Phi) is 7.31. The zero-order valence-corrected chi connectivity index (χ0v) is 17.9. The molecule has 0 saturated carbocycles. The van der Waals surface area contributed by atoms with E-state index < -0.39 is 5.97 Å². The number of carboxylic acid groups (broad SMARTS) is 1. The molecule has 3 aromatic carbocycles. The maximum atomic E-state index is 12.3. The molecule has 154 valence electrons. The highest BCUT2D eigenvalue weighted by molar-refractivity contribution is 7.98. The molecule has 0 heterocycles. The summed E-state index contributed by atoms with van der Waals surface area (Å²) in [6, 6.07) is 20.7. The van der Waals surface area contributed by atoms with Crippen molar-refractivity contribution in [3.05, 3.63) is 100 Å². The first-order chi connectivity index (χ1) is 14.4. The lowest BCUT2D eigenvalue weighted by Crippen LogP contribution is -2.09. The summed E-state index contributed by atoms with van der Waals surface area (Å²) in [5, 5.41) is 9.31. The number of carboxylic acids is 1. The molecule has 0 unspecified atom stereocenters. The molecule has 0 spiro atoms. The van der Waals surface area contributed by atoms with Crippen molar-refractivity contribution in [1.82, 2.24) is 0 Å². The van der Waals surface area contributed by atoms with E-state index in [0.29, 0.717) is 11.3 Å². The van der Waals surface area contributed by atoms with Crippen LogP contribution in [0.5, 0.6) is 0 Å². The van der Waals surface area contributed by atoms with E-state index in [9.17, 15) is 14.7 Å². The van der Waals surface area contributed by atoms with Gasteiger partial charge in [0.1, 0.15) is 6.61 Å². The molecule has 5 heteroatoms. The Balaban J connectivity index is 1.59. The van der Waals surface area contributed by atoms with Crippen LogP contribution < -0.4 is 0 Å². The molecule has 0 aliphatic carbocycles. The zero-order chi connectivity index (χ0) is 21.5. The summed E-state index contributed by atoms with van der Waals surface area (Å²) in [5.41, 5.74) is 5.24. The van der Waals surface area contributed by atoms with Crippen molar-refractivity contribution >= 4 is 23.7 Å². The van der Waals surface area contributed by atoms with Gasteiger partial charge in [-0.1, -0.05) is 48.5 Å². The zero-order valence-electron chi connectivity index (χ0n) is 17.1. The van der Waals surface area contributed by atoms with Crippen LogP contribution in [0.4, 0.5) is 0 Å². The van der Waals surface area contributed by atoms with Gasteiger partial charge in [-0.2, -0.15) is 0 Å². The maximum Gasteiger partial charge on any atom is 0.335 e. The molecule has 1 N–H and O–H groups in total. The number of esters is 1. The van der Waals surface area contributed by atoms with Gasteiger partial charge in [-0.05, 0) is 59.9 Å². The highest BCUT2D eigenvalue weighted by Gasteiger charge is 2.11. The van der Waals surface area contributed by atoms with Crippen LogP contribution in [-0.4, -0.2) is 17.0 Å². The Morgan fingerprint density at radius 2 is 1.63 bits per heavy atom. The normalized spacial score (nSPS) is 10.6. The van der Waals surface area contributed by atoms with Crippen molar-refractivity contribution in [3.63, 3.8) is 0 Å². The smallest absolute Gasteiger partial charge is 0.335 e. The molecule has 0 aliphatic rings. The van der Waals surface area contributed by atoms with Crippen molar-refractivity contribution in [1.29, 1.82) is 0 Å². The van der Waals surface area contributed by atoms with Crippen LogP contribution in [0.25, 0.3) is 0 Å². The number of aromatic carboxylic acids is 1. The molecule has 0 fully saturated rings. The average molecular weight is 421 g/mol. The van der Waals surface area contributed by atoms with Gasteiger partial charge in [0.25, 0.3) is 0 Å². The summed E-state index contributed by atoms with van der Waals surface area (Å²) in [7, 11) is 0. The van der Waals surface area contributed by atoms with Crippen LogP contribution in [-0.2, 0) is 28.3 Å². The second-order valence-corrected chi connectivity index (χ2v) is 8.15. The molecule has 0 atom stereocenters. The third-order valence-corrected chi connectivity index (χ3v) is 5.95. The summed E-state index contributed by atoms with van der Waals surface area (Å²) < 4.78 is 5.49. The number of thioether (sulfide) groups is 1. The Morgan fingerprint density at radius 1 is 0.933 bits per heavy atom. The highest BCUT2D eigenvalue weighted by Crippen LogP contribution is 2.25. The standard InChI is InChI=1S/C25H24O4S/c1-17-7-5-8-18(2)23(17)15-29-24(26)14-19-9-6-11-21(13-19)30-16-20-10-3-4-12-22(20)25(27)28/h3-13H,14-16H2,1-2H3,(H,27,28). The molecule has 3 aromatic rings. The van der Waals surface area contributed by atoms with Crippen LogP contribution in [0.2, 0.25) is 0 Å². The van der Waals surface area contributed by atoms with Gasteiger partial charge >= 0.3 is 11.9 Å². The number of hydrogen-bond acceptors (Lipinski definition) is 4. The van der Waals surface area contributed by atoms with Crippen molar-refractivity contribution in [2.24, 2.45) is 0 Å². The lowest BCUT2D eigenvalue weighted by Gasteiger charge is -2.11. The molecular formula is C25H24O4S. The molecule has 0 bridgehead atoms. The predicted molar refractivity (Wildman–Crippen MR) is 119 cm³/mol. The number of rotatable bonds is 8. The van der Waals surface area contributed by atoms with Crippen molar-refractivity contribution in [2.75, 3.05) is 0 Å². The van der Waals surface area contributed by atoms with Crippen molar-refractivity contribution in [3.8, 4) is 0 Å². The number of carbonyl (C=O) groups is 2. The van der Waals surface area contributed by atoms with Crippen LogP contribution in [0.15, 0.2) is 71.6 Å². The van der Waals surface area contributed by atoms with Crippen molar-refractivity contribution in [2.45, 2.75) is 37.5 Å². The van der Waals surface area contributed by atoms with Crippen LogP contribution in [0, 0.1) is 13.8 Å². The molecule has 0 aliphatic heterocycles. The second kappa shape index (κ2) is 10.1. The largest absolute Gasteiger partial charge is 0.478 e. The highest BCUT2D eigenvalue weighted by atomic mass is 32.2. The van der Waals surface area contributed by atoms with Crippen LogP contribution in [0.1, 0.15) is 38.2 Å². The van der Waals surface area contributed by atoms with Gasteiger partial charge in [0, 0.05) is 10.6 Å². The van der Waals surface area contributed by atoms with Crippen LogP contribution >= 0.6 is 11.8 Å². The first-order valence-corrected chi connectivity index (χ1v) is 10.7. The van der Waals surface area contributed by atoms with Gasteiger partial charge < -0.3 is 9.84 Å². The number of hydrogen-bond donors (Lipinski definition) is 1.